The van der Waals surface area contributed by atoms with Crippen molar-refractivity contribution in [1.29, 1.82) is 0 Å². The summed E-state index contributed by atoms with van der Waals surface area (Å²) in [6.07, 6.45) is 14.5. The Morgan fingerprint density at radius 1 is 0.455 bits per heavy atom. The number of carbonyl (C=O) groups is 6. The van der Waals surface area contributed by atoms with E-state index in [1.807, 2.05) is 111 Å². The minimum atomic E-state index is -2.95. The van der Waals surface area contributed by atoms with Crippen molar-refractivity contribution < 1.29 is 56.5 Å². The highest BCUT2D eigenvalue weighted by atomic mass is 28.3. The third-order valence-corrected chi connectivity index (χ3v) is 21.7. The van der Waals surface area contributed by atoms with Crippen LogP contribution in [0.15, 0.2) is 84.9 Å². The number of halogens is 2. The van der Waals surface area contributed by atoms with Gasteiger partial charge >= 0.3 is 12.1 Å². The lowest BCUT2D eigenvalue weighted by Gasteiger charge is -2.25. The summed E-state index contributed by atoms with van der Waals surface area (Å²) in [7, 11) is 1.29. The maximum absolute atomic E-state index is 11.8. The molecule has 0 aliphatic carbocycles. The molecule has 580 valence electrons. The Balaban J connectivity index is -0.000000161. The minimum absolute atomic E-state index is 0. The van der Waals surface area contributed by atoms with Gasteiger partial charge in [0, 0.05) is 140 Å². The van der Waals surface area contributed by atoms with Crippen LogP contribution >= 0.6 is 0 Å². The summed E-state index contributed by atoms with van der Waals surface area (Å²) in [4.78, 5) is 72.6. The van der Waals surface area contributed by atoms with Crippen molar-refractivity contribution in [2.45, 2.75) is 293 Å². The number of nitrogens with one attached hydrogen (secondary N) is 1. The van der Waals surface area contributed by atoms with Gasteiger partial charge in [0.25, 0.3) is 0 Å². The average molecular weight is 1440 g/mol. The van der Waals surface area contributed by atoms with Crippen LogP contribution in [-0.4, -0.2) is 143 Å². The Bertz CT molecular complexity index is 2290. The molecule has 0 aliphatic heterocycles. The first-order valence-electron chi connectivity index (χ1n) is 36.5. The number of carbonyl (C=O) groups excluding carboxylic acids is 6. The first-order valence-corrected chi connectivity index (χ1v) is 43.1. The highest BCUT2D eigenvalue weighted by Gasteiger charge is 2.24. The number of amides is 5. The summed E-state index contributed by atoms with van der Waals surface area (Å²) in [6.45, 7) is 50.7. The quantitative estimate of drug-likeness (QED) is 0.0340. The van der Waals surface area contributed by atoms with Crippen molar-refractivity contribution in [2.75, 3.05) is 94.6 Å². The predicted molar refractivity (Wildman–Crippen MR) is 430 cm³/mol. The van der Waals surface area contributed by atoms with E-state index in [1.54, 1.807) is 37.5 Å². The van der Waals surface area contributed by atoms with E-state index in [9.17, 15) is 37.5 Å². The molecule has 0 aliphatic rings. The number of nitrogens with zero attached hydrogens (tertiary/aromatic N) is 4. The number of benzene rings is 3. The van der Waals surface area contributed by atoms with Crippen LogP contribution in [0.2, 0.25) is 44.3 Å². The van der Waals surface area contributed by atoms with Gasteiger partial charge in [0.1, 0.15) is 0 Å². The summed E-state index contributed by atoms with van der Waals surface area (Å²) in [5.74, 6) is 0.378. The molecule has 3 rings (SSSR count). The van der Waals surface area contributed by atoms with Gasteiger partial charge in [-0.2, -0.15) is 8.78 Å². The Hall–Kier alpha value is -5.35. The SMILES string of the molecule is C.C.CCCCN(C(C)=O)c1ccccc1.CCCCN(C)C(C)=O.CCCCNC(C)=O.CCCCOC(C)(F)F.CCCCOC(C)=O.CCCCOCC.CCCOCC.CCC[Si](C)(C)CCCN(C(C)=O)c1ccccc1.CCC[Si](C)(C)c1cccc(N(C)C(C)=O)c1. The number of unbranched alkanes of at least 4 members (excludes halogenated alkanes) is 6. The van der Waals surface area contributed by atoms with Gasteiger partial charge in [-0.3, -0.25) is 28.8 Å². The van der Waals surface area contributed by atoms with Gasteiger partial charge in [-0.15, -0.1) is 0 Å². The molecular weight excluding hydrogens is 1290 g/mol. The van der Waals surface area contributed by atoms with Gasteiger partial charge in [0.05, 0.1) is 21.3 Å². The Morgan fingerprint density at radius 2 is 0.879 bits per heavy atom. The number of hydrogen-bond donors (Lipinski definition) is 1. The van der Waals surface area contributed by atoms with Crippen molar-refractivity contribution in [3.05, 3.63) is 84.9 Å². The molecule has 5 amide bonds. The first-order chi connectivity index (χ1) is 45.7. The normalized spacial score (nSPS) is 10.1. The number of para-hydroxylation sites is 2. The lowest BCUT2D eigenvalue weighted by molar-refractivity contribution is -0.224. The van der Waals surface area contributed by atoms with Gasteiger partial charge in [-0.1, -0.05) is 227 Å². The third kappa shape index (κ3) is 75.2. The lowest BCUT2D eigenvalue weighted by atomic mass is 10.2. The molecule has 0 spiro atoms. The number of alkyl halides is 2. The van der Waals surface area contributed by atoms with E-state index in [-0.39, 0.29) is 57.0 Å². The number of hydrogen-bond acceptors (Lipinski definition) is 10. The van der Waals surface area contributed by atoms with Crippen LogP contribution in [0.3, 0.4) is 0 Å². The Morgan fingerprint density at radius 3 is 1.25 bits per heavy atom. The first kappa shape index (κ1) is 110. The largest absolute Gasteiger partial charge is 0.466 e. The van der Waals surface area contributed by atoms with E-state index in [0.717, 1.165) is 147 Å². The molecule has 0 radical (unpaired) electrons. The zero-order chi connectivity index (χ0) is 75.5. The summed E-state index contributed by atoms with van der Waals surface area (Å²) < 4.78 is 42.5. The fraction of sp³-hybridized carbons (Fsp3) is 0.700. The fourth-order valence-corrected chi connectivity index (χ4v) is 13.8. The lowest BCUT2D eigenvalue weighted by Crippen LogP contribution is -2.41. The second-order valence-electron chi connectivity index (χ2n) is 25.2. The topological polar surface area (TPSA) is 164 Å². The molecule has 0 aromatic heterocycles. The number of rotatable bonds is 35. The fourth-order valence-electron chi connectivity index (χ4n) is 8.50. The highest BCUT2D eigenvalue weighted by molar-refractivity contribution is 6.89. The van der Waals surface area contributed by atoms with Crippen LogP contribution in [-0.2, 0) is 47.7 Å². The monoisotopic (exact) mass is 1440 g/mol. The van der Waals surface area contributed by atoms with Crippen molar-refractivity contribution in [3.63, 3.8) is 0 Å². The molecule has 3 aromatic rings. The summed E-state index contributed by atoms with van der Waals surface area (Å²) in [5, 5.41) is 4.14. The van der Waals surface area contributed by atoms with Crippen LogP contribution < -0.4 is 25.2 Å². The van der Waals surface area contributed by atoms with E-state index in [0.29, 0.717) is 13.0 Å². The van der Waals surface area contributed by atoms with E-state index >= 15 is 0 Å². The Labute approximate surface area is 609 Å². The molecule has 1 N–H and O–H groups in total. The number of anilines is 3. The van der Waals surface area contributed by atoms with E-state index in [2.05, 4.69) is 115 Å². The third-order valence-electron chi connectivity index (χ3n) is 14.5. The maximum atomic E-state index is 11.8. The zero-order valence-electron chi connectivity index (χ0n) is 66.2. The highest BCUT2D eigenvalue weighted by Crippen LogP contribution is 2.22. The van der Waals surface area contributed by atoms with E-state index in [4.69, 9.17) is 9.47 Å². The standard InChI is InChI=1S/C16H27NOSi.C14H23NOSi.C12H17NO.C7H15NO.C6H12F2O.C6H13NO.C6H12O2.C6H14O.C5H12O.2CH4/c1-5-13-19(3,4)14-9-12-17(15(2)18)16-10-7-6-8-11-16;1-6-10-17(4,5)14-9-7-8-13(11-14)15(3)12(2)16;1-3-4-10-13(11(2)14)12-8-6-5-7-9-12;1-4-5-6-8(3)7(2)9;1-3-4-5-9-6(2,7)8;1-3-4-5-7-6(2)8;1-3-4-5-8-6(2)7;1-3-5-6-7-4-2;1-3-5-6-4-2;;/h6-8,10-11H,5,9,12-14H2,1-4H3;7-9,11H,6,10H2,1-5H3;5-9H,3-4,10H2,1-2H3;4-6H2,1-3H3;3-5H2,1-2H3;3-5H2,1-2H3,(H,7,8);3-5H2,1-2H3;3-6H2,1-2H3;3-5H2,1-2H3;2*1H4. The molecule has 99 heavy (non-hydrogen) atoms. The van der Waals surface area contributed by atoms with E-state index < -0.39 is 22.3 Å². The summed E-state index contributed by atoms with van der Waals surface area (Å²) in [6, 6.07) is 32.2. The van der Waals surface area contributed by atoms with Crippen LogP contribution in [0.5, 0.6) is 0 Å². The molecule has 0 unspecified atom stereocenters. The number of ether oxygens (including phenoxy) is 4. The molecule has 0 saturated heterocycles. The van der Waals surface area contributed by atoms with Gasteiger partial charge in [0.15, 0.2) is 0 Å². The molecular formula is C80H153F2N5O10Si2. The predicted octanol–water partition coefficient (Wildman–Crippen LogP) is 20.9. The van der Waals surface area contributed by atoms with Crippen LogP contribution in [0.25, 0.3) is 0 Å². The van der Waals surface area contributed by atoms with Gasteiger partial charge < -0.3 is 43.9 Å². The van der Waals surface area contributed by atoms with E-state index in [1.165, 1.54) is 62.8 Å². The van der Waals surface area contributed by atoms with Crippen LogP contribution in [0.4, 0.5) is 25.8 Å². The van der Waals surface area contributed by atoms with Crippen molar-refractivity contribution >= 4 is 73.9 Å². The average Bonchev–Trinajstić information content (AvgIpc) is 0.835. The Kier molecular flexibility index (Phi) is 81.8. The molecule has 15 nitrogen and oxygen atoms in total. The van der Waals surface area contributed by atoms with Crippen molar-refractivity contribution in [1.82, 2.24) is 10.2 Å². The van der Waals surface area contributed by atoms with Gasteiger partial charge in [-0.25, -0.2) is 0 Å². The molecule has 0 heterocycles. The van der Waals surface area contributed by atoms with Crippen LogP contribution in [0.1, 0.15) is 242 Å². The van der Waals surface area contributed by atoms with Crippen LogP contribution in [0, 0.1) is 0 Å². The molecule has 0 fully saturated rings. The maximum Gasteiger partial charge on any atom is 0.352 e. The summed E-state index contributed by atoms with van der Waals surface area (Å²) in [5.41, 5.74) is 3.02. The molecule has 3 aromatic carbocycles. The zero-order valence-corrected chi connectivity index (χ0v) is 68.2. The smallest absolute Gasteiger partial charge is 0.352 e. The minimum Gasteiger partial charge on any atom is -0.466 e. The molecule has 0 bridgehead atoms. The molecule has 0 atom stereocenters. The molecule has 0 saturated carbocycles. The van der Waals surface area contributed by atoms with Crippen molar-refractivity contribution in [2.24, 2.45) is 0 Å². The summed E-state index contributed by atoms with van der Waals surface area (Å²) >= 11 is 0. The second-order valence-corrected chi connectivity index (χ2v) is 35.4. The second kappa shape index (κ2) is 73.9. The van der Waals surface area contributed by atoms with Crippen molar-refractivity contribution in [3.8, 4) is 0 Å². The van der Waals surface area contributed by atoms with Gasteiger partial charge in [-0.05, 0) is 102 Å². The molecule has 19 heteroatoms. The number of esters is 1. The van der Waals surface area contributed by atoms with Gasteiger partial charge in [0.2, 0.25) is 29.5 Å².